The molecule has 1 amide bonds. The van der Waals surface area contributed by atoms with Crippen LogP contribution in [0.2, 0.25) is 0 Å². The Hall–Kier alpha value is -1.40. The van der Waals surface area contributed by atoms with E-state index in [4.69, 9.17) is 0 Å². The van der Waals surface area contributed by atoms with Crippen molar-refractivity contribution in [2.45, 2.75) is 32.4 Å². The molecule has 0 aliphatic rings. The van der Waals surface area contributed by atoms with Gasteiger partial charge in [-0.15, -0.1) is 0 Å². The summed E-state index contributed by atoms with van der Waals surface area (Å²) < 4.78 is 24.6. The summed E-state index contributed by atoms with van der Waals surface area (Å²) >= 11 is 0. The molecule has 0 bridgehead atoms. The molecule has 0 fully saturated rings. The summed E-state index contributed by atoms with van der Waals surface area (Å²) in [6, 6.07) is 8.06. The van der Waals surface area contributed by atoms with Crippen LogP contribution in [-0.4, -0.2) is 38.0 Å². The Bertz CT molecular complexity index is 543. The third kappa shape index (κ3) is 4.31. The minimum absolute atomic E-state index is 0.00155. The van der Waals surface area contributed by atoms with Gasteiger partial charge in [0, 0.05) is 13.1 Å². The molecule has 0 saturated heterocycles. The topological polar surface area (TPSA) is 66.5 Å². The Balaban J connectivity index is 3.12. The van der Waals surface area contributed by atoms with Gasteiger partial charge in [-0.1, -0.05) is 37.3 Å². The van der Waals surface area contributed by atoms with Gasteiger partial charge in [0.15, 0.2) is 0 Å². The first-order valence-electron chi connectivity index (χ1n) is 6.55. The zero-order valence-corrected chi connectivity index (χ0v) is 13.1. The molecule has 0 aromatic heterocycles. The van der Waals surface area contributed by atoms with Gasteiger partial charge in [-0.3, -0.25) is 4.79 Å². The van der Waals surface area contributed by atoms with Crippen LogP contribution in [0.1, 0.15) is 31.9 Å². The molecule has 2 atom stereocenters. The van der Waals surface area contributed by atoms with E-state index in [1.807, 2.05) is 19.9 Å². The van der Waals surface area contributed by atoms with Crippen LogP contribution in [0.15, 0.2) is 30.3 Å². The van der Waals surface area contributed by atoms with Gasteiger partial charge in [-0.05, 0) is 18.9 Å². The lowest BCUT2D eigenvalue weighted by atomic mass is 10.1. The van der Waals surface area contributed by atoms with Crippen molar-refractivity contribution in [2.24, 2.45) is 0 Å². The highest BCUT2D eigenvalue weighted by atomic mass is 32.2. The van der Waals surface area contributed by atoms with Gasteiger partial charge < -0.3 is 5.32 Å². The Kier molecular flexibility index (Phi) is 5.71. The van der Waals surface area contributed by atoms with E-state index in [1.54, 1.807) is 24.3 Å². The summed E-state index contributed by atoms with van der Waals surface area (Å²) in [5.41, 5.74) is 0.654. The number of benzene rings is 1. The second kappa shape index (κ2) is 6.85. The second-order valence-corrected chi connectivity index (χ2v) is 6.95. The molecule has 0 radical (unpaired) electrons. The number of carbonyl (C=O) groups excluding carboxylic acids is 1. The van der Waals surface area contributed by atoms with Crippen molar-refractivity contribution in [3.8, 4) is 0 Å². The molecule has 0 aliphatic carbocycles. The second-order valence-electron chi connectivity index (χ2n) is 4.91. The van der Waals surface area contributed by atoms with Gasteiger partial charge >= 0.3 is 0 Å². The first-order chi connectivity index (χ1) is 9.27. The average molecular weight is 298 g/mol. The smallest absolute Gasteiger partial charge is 0.243 e. The lowest BCUT2D eigenvalue weighted by Gasteiger charge is -2.27. The number of nitrogens with one attached hydrogen (secondary N) is 1. The molecule has 1 N–H and O–H groups in total. The zero-order chi connectivity index (χ0) is 15.3. The van der Waals surface area contributed by atoms with Crippen molar-refractivity contribution >= 4 is 15.9 Å². The number of hydrogen-bond acceptors (Lipinski definition) is 3. The Morgan fingerprint density at radius 1 is 1.30 bits per heavy atom. The fraction of sp³-hybridized carbons (Fsp3) is 0.500. The van der Waals surface area contributed by atoms with Crippen molar-refractivity contribution in [1.82, 2.24) is 9.62 Å². The number of amides is 1. The quantitative estimate of drug-likeness (QED) is 0.866. The molecule has 6 heteroatoms. The largest absolute Gasteiger partial charge is 0.352 e. The molecule has 0 spiro atoms. The highest BCUT2D eigenvalue weighted by molar-refractivity contribution is 7.88. The summed E-state index contributed by atoms with van der Waals surface area (Å²) in [5, 5.41) is 2.84. The van der Waals surface area contributed by atoms with E-state index in [1.165, 1.54) is 7.05 Å². The van der Waals surface area contributed by atoms with Crippen LogP contribution in [0, 0.1) is 0 Å². The van der Waals surface area contributed by atoms with Crippen molar-refractivity contribution in [1.29, 1.82) is 0 Å². The maximum atomic E-state index is 12.4. The number of hydrogen-bond donors (Lipinski definition) is 1. The molecule has 0 unspecified atom stereocenters. The zero-order valence-electron chi connectivity index (χ0n) is 12.3. The van der Waals surface area contributed by atoms with Crippen LogP contribution in [0.4, 0.5) is 0 Å². The Labute approximate surface area is 121 Å². The van der Waals surface area contributed by atoms with Gasteiger partial charge in [-0.2, -0.15) is 4.31 Å². The number of nitrogens with zero attached hydrogens (tertiary/aromatic N) is 1. The van der Waals surface area contributed by atoms with Crippen LogP contribution < -0.4 is 5.32 Å². The van der Waals surface area contributed by atoms with E-state index in [2.05, 4.69) is 5.32 Å². The maximum Gasteiger partial charge on any atom is 0.243 e. The first-order valence-corrected chi connectivity index (χ1v) is 8.40. The number of carbonyl (C=O) groups is 1. The fourth-order valence-electron chi connectivity index (χ4n) is 1.78. The third-order valence-corrected chi connectivity index (χ3v) is 4.51. The summed E-state index contributed by atoms with van der Waals surface area (Å²) in [7, 11) is -2.05. The molecular weight excluding hydrogens is 276 g/mol. The molecule has 112 valence electrons. The first kappa shape index (κ1) is 16.7. The summed E-state index contributed by atoms with van der Waals surface area (Å²) in [5.74, 6) is -0.307. The van der Waals surface area contributed by atoms with Gasteiger partial charge in [0.1, 0.15) is 6.04 Å². The van der Waals surface area contributed by atoms with Crippen LogP contribution >= 0.6 is 0 Å². The van der Waals surface area contributed by atoms with Gasteiger partial charge in [-0.25, -0.2) is 8.42 Å². The summed E-state index contributed by atoms with van der Waals surface area (Å²) in [6.07, 6.45) is 1.88. The number of rotatable bonds is 6. The van der Waals surface area contributed by atoms with E-state index in [0.717, 1.165) is 17.0 Å². The predicted molar refractivity (Wildman–Crippen MR) is 79.7 cm³/mol. The van der Waals surface area contributed by atoms with E-state index in [9.17, 15) is 13.2 Å². The van der Waals surface area contributed by atoms with Crippen LogP contribution in [0.5, 0.6) is 0 Å². The minimum atomic E-state index is -3.47. The number of sulfonamides is 1. The van der Waals surface area contributed by atoms with Crippen molar-refractivity contribution in [3.05, 3.63) is 35.9 Å². The molecule has 20 heavy (non-hydrogen) atoms. The van der Waals surface area contributed by atoms with Crippen molar-refractivity contribution < 1.29 is 13.2 Å². The molecule has 1 aromatic rings. The molecule has 1 aromatic carbocycles. The van der Waals surface area contributed by atoms with E-state index in [0.29, 0.717) is 5.56 Å². The molecule has 0 heterocycles. The molecule has 0 saturated carbocycles. The van der Waals surface area contributed by atoms with Crippen LogP contribution in [0.3, 0.4) is 0 Å². The Morgan fingerprint density at radius 2 is 1.85 bits per heavy atom. The molecule has 1 rings (SSSR count). The molecule has 0 aliphatic heterocycles. The highest BCUT2D eigenvalue weighted by Crippen LogP contribution is 2.22. The highest BCUT2D eigenvalue weighted by Gasteiger charge is 2.30. The van der Waals surface area contributed by atoms with E-state index in [-0.39, 0.29) is 11.9 Å². The average Bonchev–Trinajstić information content (AvgIpc) is 2.38. The normalized spacial score (nSPS) is 14.8. The van der Waals surface area contributed by atoms with E-state index >= 15 is 0 Å². The maximum absolute atomic E-state index is 12.4. The fourth-order valence-corrected chi connectivity index (χ4v) is 2.38. The standard InChI is InChI=1S/C14H22N2O3S/c1-5-11(2)15-14(17)13(16(3)20(4,18)19)12-9-7-6-8-10-12/h6-11,13H,5H2,1-4H3,(H,15,17)/t11-,13-/m0/s1. The molecule has 5 nitrogen and oxygen atoms in total. The summed E-state index contributed by atoms with van der Waals surface area (Å²) in [4.78, 5) is 12.4. The van der Waals surface area contributed by atoms with Gasteiger partial charge in [0.2, 0.25) is 15.9 Å². The third-order valence-electron chi connectivity index (χ3n) is 3.25. The lowest BCUT2D eigenvalue weighted by Crippen LogP contribution is -2.43. The monoisotopic (exact) mass is 298 g/mol. The predicted octanol–water partition coefficient (Wildman–Crippen LogP) is 1.53. The van der Waals surface area contributed by atoms with Crippen molar-refractivity contribution in [3.63, 3.8) is 0 Å². The van der Waals surface area contributed by atoms with Crippen molar-refractivity contribution in [2.75, 3.05) is 13.3 Å². The Morgan fingerprint density at radius 3 is 2.30 bits per heavy atom. The van der Waals surface area contributed by atoms with E-state index < -0.39 is 16.1 Å². The number of likely N-dealkylation sites (N-methyl/N-ethyl adjacent to an activating group) is 1. The summed E-state index contributed by atoms with van der Waals surface area (Å²) in [6.45, 7) is 3.85. The molecular formula is C14H22N2O3S. The minimum Gasteiger partial charge on any atom is -0.352 e. The van der Waals surface area contributed by atoms with Gasteiger partial charge in [0.25, 0.3) is 0 Å². The van der Waals surface area contributed by atoms with Crippen LogP contribution in [0.25, 0.3) is 0 Å². The van der Waals surface area contributed by atoms with Gasteiger partial charge in [0.05, 0.1) is 6.26 Å². The SMILES string of the molecule is CC[C@H](C)NC(=O)[C@H](c1ccccc1)N(C)S(C)(=O)=O. The lowest BCUT2D eigenvalue weighted by molar-refractivity contribution is -0.125. The van der Waals surface area contributed by atoms with Crippen LogP contribution in [-0.2, 0) is 14.8 Å².